The molecule has 1 aromatic carbocycles. The van der Waals surface area contributed by atoms with E-state index in [4.69, 9.17) is 16.3 Å². The third kappa shape index (κ3) is 5.70. The highest BCUT2D eigenvalue weighted by Gasteiger charge is 2.27. The highest BCUT2D eigenvalue weighted by Crippen LogP contribution is 2.38. The predicted molar refractivity (Wildman–Crippen MR) is 135 cm³/mol. The molecule has 0 spiro atoms. The molecule has 4 rings (SSSR count). The Morgan fingerprint density at radius 2 is 1.88 bits per heavy atom. The van der Waals surface area contributed by atoms with Gasteiger partial charge >= 0.3 is 5.97 Å². The maximum Gasteiger partial charge on any atom is 0.341 e. The normalized spacial score (nSPS) is 16.8. The number of hydrogen-bond acceptors (Lipinski definition) is 6. The zero-order valence-electron chi connectivity index (χ0n) is 19.4. The minimum absolute atomic E-state index is 0.0793. The van der Waals surface area contributed by atoms with Gasteiger partial charge in [-0.25, -0.2) is 4.79 Å². The van der Waals surface area contributed by atoms with Crippen LogP contribution < -0.4 is 10.2 Å². The highest BCUT2D eigenvalue weighted by atomic mass is 35.5. The van der Waals surface area contributed by atoms with E-state index < -0.39 is 0 Å². The van der Waals surface area contributed by atoms with Crippen molar-refractivity contribution < 1.29 is 14.3 Å². The van der Waals surface area contributed by atoms with E-state index in [1.807, 2.05) is 25.1 Å². The number of piperazine rings is 1. The molecule has 6 nitrogen and oxygen atoms in total. The van der Waals surface area contributed by atoms with E-state index in [9.17, 15) is 9.59 Å². The lowest BCUT2D eigenvalue weighted by molar-refractivity contribution is -0.117. The maximum atomic E-state index is 12.9. The Morgan fingerprint density at radius 3 is 2.64 bits per heavy atom. The molecule has 0 saturated carbocycles. The van der Waals surface area contributed by atoms with Gasteiger partial charge < -0.3 is 15.0 Å². The number of aryl methyl sites for hydroxylation is 2. The lowest BCUT2D eigenvalue weighted by Gasteiger charge is -2.36. The van der Waals surface area contributed by atoms with Gasteiger partial charge in [-0.15, -0.1) is 11.3 Å². The molecule has 33 heavy (non-hydrogen) atoms. The van der Waals surface area contributed by atoms with Crippen LogP contribution in [0.25, 0.3) is 0 Å². The third-order valence-corrected chi connectivity index (χ3v) is 7.85. The number of halogens is 1. The van der Waals surface area contributed by atoms with Crippen LogP contribution in [0.4, 0.5) is 10.7 Å². The van der Waals surface area contributed by atoms with Gasteiger partial charge in [0.2, 0.25) is 5.91 Å². The SMILES string of the molecule is CCOC(=O)c1c(NC(=O)CN2CCN(c3cc(Cl)ccc3C)CC2)sc2c1CCCCC2. The molecule has 8 heteroatoms. The Labute approximate surface area is 204 Å². The molecule has 0 bridgehead atoms. The van der Waals surface area contributed by atoms with Crippen LogP contribution in [0.1, 0.15) is 52.5 Å². The average molecular weight is 490 g/mol. The average Bonchev–Trinajstić information content (AvgIpc) is 2.96. The number of amides is 1. The molecule has 1 aliphatic carbocycles. The molecule has 2 aromatic rings. The van der Waals surface area contributed by atoms with Crippen molar-refractivity contribution in [3.05, 3.63) is 44.8 Å². The summed E-state index contributed by atoms with van der Waals surface area (Å²) in [6, 6.07) is 5.97. The molecule has 1 saturated heterocycles. The number of fused-ring (bicyclic) bond motifs is 1. The molecule has 1 fully saturated rings. The summed E-state index contributed by atoms with van der Waals surface area (Å²) in [6.07, 6.45) is 5.21. The Morgan fingerprint density at radius 1 is 1.12 bits per heavy atom. The minimum atomic E-state index is -0.322. The number of anilines is 2. The summed E-state index contributed by atoms with van der Waals surface area (Å²) in [6.45, 7) is 7.82. The zero-order chi connectivity index (χ0) is 23.4. The number of carbonyl (C=O) groups is 2. The predicted octanol–water partition coefficient (Wildman–Crippen LogP) is 4.92. The van der Waals surface area contributed by atoms with E-state index in [0.717, 1.165) is 68.1 Å². The van der Waals surface area contributed by atoms with Gasteiger partial charge in [0.1, 0.15) is 5.00 Å². The molecule has 178 valence electrons. The topological polar surface area (TPSA) is 61.9 Å². The molecule has 1 aliphatic heterocycles. The van der Waals surface area contributed by atoms with Gasteiger partial charge in [0.15, 0.2) is 0 Å². The van der Waals surface area contributed by atoms with Crippen molar-refractivity contribution >= 4 is 45.5 Å². The summed E-state index contributed by atoms with van der Waals surface area (Å²) in [7, 11) is 0. The van der Waals surface area contributed by atoms with E-state index in [2.05, 4.69) is 22.0 Å². The van der Waals surface area contributed by atoms with Crippen LogP contribution in [-0.2, 0) is 22.4 Å². The summed E-state index contributed by atoms with van der Waals surface area (Å²) in [5.41, 5.74) is 4.02. The van der Waals surface area contributed by atoms with Crippen LogP contribution in [0.2, 0.25) is 5.02 Å². The van der Waals surface area contributed by atoms with E-state index in [0.29, 0.717) is 23.7 Å². The Hall–Kier alpha value is -2.09. The Balaban J connectivity index is 1.39. The van der Waals surface area contributed by atoms with Crippen LogP contribution in [0.3, 0.4) is 0 Å². The Bertz CT molecular complexity index is 1010. The second-order valence-electron chi connectivity index (χ2n) is 8.73. The number of esters is 1. The smallest absolute Gasteiger partial charge is 0.341 e. The molecule has 1 amide bonds. The second kappa shape index (κ2) is 10.9. The van der Waals surface area contributed by atoms with Crippen LogP contribution in [0.5, 0.6) is 0 Å². The lowest BCUT2D eigenvalue weighted by Crippen LogP contribution is -2.48. The minimum Gasteiger partial charge on any atom is -0.462 e. The van der Waals surface area contributed by atoms with Gasteiger partial charge in [0.25, 0.3) is 0 Å². The van der Waals surface area contributed by atoms with Crippen molar-refractivity contribution in [3.63, 3.8) is 0 Å². The van der Waals surface area contributed by atoms with Crippen molar-refractivity contribution in [1.82, 2.24) is 4.90 Å². The number of ether oxygens (including phenoxy) is 1. The molecule has 2 heterocycles. The number of carbonyl (C=O) groups excluding carboxylic acids is 2. The van der Waals surface area contributed by atoms with Gasteiger partial charge in [-0.3, -0.25) is 9.69 Å². The van der Waals surface area contributed by atoms with Crippen molar-refractivity contribution in [2.24, 2.45) is 0 Å². The van der Waals surface area contributed by atoms with Crippen molar-refractivity contribution in [1.29, 1.82) is 0 Å². The first-order valence-corrected chi connectivity index (χ1v) is 13.0. The van der Waals surface area contributed by atoms with Gasteiger partial charge in [0.05, 0.1) is 18.7 Å². The first kappa shape index (κ1) is 24.0. The van der Waals surface area contributed by atoms with E-state index >= 15 is 0 Å². The monoisotopic (exact) mass is 489 g/mol. The summed E-state index contributed by atoms with van der Waals surface area (Å²) >= 11 is 7.74. The number of nitrogens with one attached hydrogen (secondary N) is 1. The highest BCUT2D eigenvalue weighted by molar-refractivity contribution is 7.17. The van der Waals surface area contributed by atoms with Gasteiger partial charge in [-0.2, -0.15) is 0 Å². The van der Waals surface area contributed by atoms with Gasteiger partial charge in [-0.1, -0.05) is 24.1 Å². The maximum absolute atomic E-state index is 12.9. The molecule has 1 aromatic heterocycles. The molecule has 2 aliphatic rings. The summed E-state index contributed by atoms with van der Waals surface area (Å²) in [4.78, 5) is 31.3. The largest absolute Gasteiger partial charge is 0.462 e. The number of thiophene rings is 1. The van der Waals surface area contributed by atoms with E-state index in [-0.39, 0.29) is 11.9 Å². The molecule has 0 radical (unpaired) electrons. The summed E-state index contributed by atoms with van der Waals surface area (Å²) in [5.74, 6) is -0.401. The molecule has 0 unspecified atom stereocenters. The second-order valence-corrected chi connectivity index (χ2v) is 10.3. The summed E-state index contributed by atoms with van der Waals surface area (Å²) < 4.78 is 5.33. The molecule has 0 atom stereocenters. The van der Waals surface area contributed by atoms with Gasteiger partial charge in [-0.05, 0) is 62.8 Å². The van der Waals surface area contributed by atoms with E-state index in [1.165, 1.54) is 16.9 Å². The fourth-order valence-electron chi connectivity index (χ4n) is 4.69. The molecular weight excluding hydrogens is 458 g/mol. The van der Waals surface area contributed by atoms with Crippen LogP contribution in [0, 0.1) is 6.92 Å². The van der Waals surface area contributed by atoms with Crippen molar-refractivity contribution in [2.45, 2.75) is 46.0 Å². The number of hydrogen-bond donors (Lipinski definition) is 1. The molecule has 1 N–H and O–H groups in total. The fraction of sp³-hybridized carbons (Fsp3) is 0.520. The summed E-state index contributed by atoms with van der Waals surface area (Å²) in [5, 5.41) is 4.43. The number of benzene rings is 1. The van der Waals surface area contributed by atoms with Crippen molar-refractivity contribution in [2.75, 3.05) is 49.5 Å². The Kier molecular flexibility index (Phi) is 7.94. The van der Waals surface area contributed by atoms with Crippen LogP contribution in [-0.4, -0.2) is 56.1 Å². The standard InChI is InChI=1S/C25H32ClN3O3S/c1-3-32-25(31)23-19-7-5-4-6-8-21(19)33-24(23)27-22(30)16-28-11-13-29(14-12-28)20-15-18(26)10-9-17(20)2/h9-10,15H,3-8,11-14,16H2,1-2H3,(H,27,30). The fourth-order valence-corrected chi connectivity index (χ4v) is 6.15. The number of rotatable bonds is 6. The van der Waals surface area contributed by atoms with Crippen molar-refractivity contribution in [3.8, 4) is 0 Å². The molecular formula is C25H32ClN3O3S. The first-order valence-electron chi connectivity index (χ1n) is 11.8. The number of nitrogens with zero attached hydrogens (tertiary/aromatic N) is 2. The zero-order valence-corrected chi connectivity index (χ0v) is 21.0. The third-order valence-electron chi connectivity index (χ3n) is 6.41. The van der Waals surface area contributed by atoms with Gasteiger partial charge in [0, 0.05) is 41.8 Å². The first-order chi connectivity index (χ1) is 16.0. The lowest BCUT2D eigenvalue weighted by atomic mass is 10.1. The van der Waals surface area contributed by atoms with Crippen LogP contribution >= 0.6 is 22.9 Å². The van der Waals surface area contributed by atoms with Crippen LogP contribution in [0.15, 0.2) is 18.2 Å². The quantitative estimate of drug-likeness (QED) is 0.461. The van der Waals surface area contributed by atoms with E-state index in [1.54, 1.807) is 11.3 Å².